The summed E-state index contributed by atoms with van der Waals surface area (Å²) in [5.41, 5.74) is 1.21. The average Bonchev–Trinajstić information content (AvgIpc) is 2.77. The first-order valence-corrected chi connectivity index (χ1v) is 9.43. The van der Waals surface area contributed by atoms with Gasteiger partial charge in [0.25, 0.3) is 5.91 Å². The molecule has 1 aromatic heterocycles. The maximum Gasteiger partial charge on any atom is 0.271 e. The van der Waals surface area contributed by atoms with Gasteiger partial charge in [-0.05, 0) is 24.2 Å². The van der Waals surface area contributed by atoms with Crippen molar-refractivity contribution in [3.8, 4) is 11.5 Å². The molecule has 0 aliphatic carbocycles. The molecule has 1 aliphatic heterocycles. The minimum atomic E-state index is -0.260. The zero-order valence-electron chi connectivity index (χ0n) is 16.6. The molecule has 28 heavy (non-hydrogen) atoms. The predicted molar refractivity (Wildman–Crippen MR) is 107 cm³/mol. The summed E-state index contributed by atoms with van der Waals surface area (Å²) in [5, 5.41) is 2.86. The summed E-state index contributed by atoms with van der Waals surface area (Å²) in [6, 6.07) is 5.53. The van der Waals surface area contributed by atoms with Crippen molar-refractivity contribution in [2.24, 2.45) is 0 Å². The van der Waals surface area contributed by atoms with E-state index in [1.165, 1.54) is 6.20 Å². The Morgan fingerprint density at radius 3 is 2.43 bits per heavy atom. The molecule has 1 aromatic carbocycles. The Morgan fingerprint density at radius 2 is 1.82 bits per heavy atom. The number of anilines is 1. The molecule has 0 atom stereocenters. The number of hydrogen-bond acceptors (Lipinski definition) is 7. The highest BCUT2D eigenvalue weighted by Gasteiger charge is 2.17. The van der Waals surface area contributed by atoms with Gasteiger partial charge in [-0.25, -0.2) is 9.97 Å². The smallest absolute Gasteiger partial charge is 0.271 e. The van der Waals surface area contributed by atoms with Gasteiger partial charge in [0.05, 0.1) is 26.6 Å². The number of ether oxygens (including phenoxy) is 2. The van der Waals surface area contributed by atoms with E-state index in [1.807, 2.05) is 18.2 Å². The van der Waals surface area contributed by atoms with Crippen molar-refractivity contribution >= 4 is 11.7 Å². The highest BCUT2D eigenvalue weighted by molar-refractivity contribution is 5.92. The normalized spacial score (nSPS) is 14.6. The molecule has 0 spiro atoms. The largest absolute Gasteiger partial charge is 0.493 e. The fraction of sp³-hybridized carbons (Fsp3) is 0.450. The van der Waals surface area contributed by atoms with E-state index < -0.39 is 0 Å². The molecule has 0 bridgehead atoms. The number of carbonyl (C=O) groups excluding carboxylic acids is 1. The highest BCUT2D eigenvalue weighted by atomic mass is 16.5. The molecule has 1 N–H and O–H groups in total. The number of carbonyl (C=O) groups is 1. The van der Waals surface area contributed by atoms with Crippen LogP contribution in [0.1, 0.15) is 23.0 Å². The van der Waals surface area contributed by atoms with Crippen LogP contribution in [0.15, 0.2) is 30.6 Å². The molecule has 2 heterocycles. The highest BCUT2D eigenvalue weighted by Crippen LogP contribution is 2.27. The van der Waals surface area contributed by atoms with Crippen molar-refractivity contribution < 1.29 is 14.3 Å². The third-order valence-electron chi connectivity index (χ3n) is 4.92. The quantitative estimate of drug-likeness (QED) is 0.775. The van der Waals surface area contributed by atoms with Crippen LogP contribution in [0.2, 0.25) is 0 Å². The molecule has 1 saturated heterocycles. The molecule has 1 amide bonds. The van der Waals surface area contributed by atoms with Crippen LogP contribution in [0, 0.1) is 0 Å². The predicted octanol–water partition coefficient (Wildman–Crippen LogP) is 1.57. The van der Waals surface area contributed by atoms with Crippen LogP contribution in [0.5, 0.6) is 11.5 Å². The van der Waals surface area contributed by atoms with Crippen LogP contribution in [-0.2, 0) is 6.54 Å². The van der Waals surface area contributed by atoms with Crippen molar-refractivity contribution in [1.82, 2.24) is 20.2 Å². The Morgan fingerprint density at radius 1 is 1.07 bits per heavy atom. The molecule has 0 radical (unpaired) electrons. The lowest BCUT2D eigenvalue weighted by atomic mass is 10.2. The Hall–Kier alpha value is -2.87. The first kappa shape index (κ1) is 19.9. The van der Waals surface area contributed by atoms with E-state index >= 15 is 0 Å². The molecule has 8 nitrogen and oxygen atoms in total. The summed E-state index contributed by atoms with van der Waals surface area (Å²) >= 11 is 0. The SMILES string of the molecule is CCN1CCN(c2cnc(C(=O)NCc3ccc(OC)c(OC)c3)cn2)CC1. The van der Waals surface area contributed by atoms with Crippen LogP contribution in [0.4, 0.5) is 5.82 Å². The lowest BCUT2D eigenvalue weighted by molar-refractivity contribution is 0.0945. The third kappa shape index (κ3) is 4.69. The second-order valence-corrected chi connectivity index (χ2v) is 6.55. The monoisotopic (exact) mass is 385 g/mol. The van der Waals surface area contributed by atoms with Crippen LogP contribution < -0.4 is 19.7 Å². The van der Waals surface area contributed by atoms with Gasteiger partial charge in [-0.3, -0.25) is 4.79 Å². The number of aromatic nitrogens is 2. The van der Waals surface area contributed by atoms with E-state index in [9.17, 15) is 4.79 Å². The minimum Gasteiger partial charge on any atom is -0.493 e. The number of nitrogens with one attached hydrogen (secondary N) is 1. The Kier molecular flexibility index (Phi) is 6.65. The van der Waals surface area contributed by atoms with E-state index in [4.69, 9.17) is 9.47 Å². The summed E-state index contributed by atoms with van der Waals surface area (Å²) < 4.78 is 10.5. The van der Waals surface area contributed by atoms with Gasteiger partial charge in [0.15, 0.2) is 11.5 Å². The van der Waals surface area contributed by atoms with Gasteiger partial charge in [0, 0.05) is 32.7 Å². The number of rotatable bonds is 7. The van der Waals surface area contributed by atoms with E-state index in [0.29, 0.717) is 23.7 Å². The second-order valence-electron chi connectivity index (χ2n) is 6.55. The van der Waals surface area contributed by atoms with Gasteiger partial charge in [0.2, 0.25) is 0 Å². The van der Waals surface area contributed by atoms with Crippen molar-refractivity contribution in [3.05, 3.63) is 41.9 Å². The number of methoxy groups -OCH3 is 2. The summed E-state index contributed by atoms with van der Waals surface area (Å²) in [6.07, 6.45) is 3.21. The second kappa shape index (κ2) is 9.36. The maximum absolute atomic E-state index is 12.4. The average molecular weight is 385 g/mol. The molecule has 1 fully saturated rings. The fourth-order valence-corrected chi connectivity index (χ4v) is 3.16. The van der Waals surface area contributed by atoms with Crippen LogP contribution >= 0.6 is 0 Å². The Labute approximate surface area is 165 Å². The topological polar surface area (TPSA) is 79.8 Å². The summed E-state index contributed by atoms with van der Waals surface area (Å²) in [4.78, 5) is 25.7. The summed E-state index contributed by atoms with van der Waals surface area (Å²) in [5.74, 6) is 1.83. The molecular weight excluding hydrogens is 358 g/mol. The maximum atomic E-state index is 12.4. The lowest BCUT2D eigenvalue weighted by Gasteiger charge is -2.34. The zero-order valence-corrected chi connectivity index (χ0v) is 16.6. The van der Waals surface area contributed by atoms with E-state index in [1.54, 1.807) is 20.4 Å². The Balaban J connectivity index is 1.56. The van der Waals surface area contributed by atoms with Crippen molar-refractivity contribution in [3.63, 3.8) is 0 Å². The van der Waals surface area contributed by atoms with Crippen molar-refractivity contribution in [2.75, 3.05) is 51.8 Å². The minimum absolute atomic E-state index is 0.260. The Bertz CT molecular complexity index is 789. The fourth-order valence-electron chi connectivity index (χ4n) is 3.16. The molecule has 1 aliphatic rings. The van der Waals surface area contributed by atoms with Gasteiger partial charge in [-0.2, -0.15) is 0 Å². The van der Waals surface area contributed by atoms with E-state index in [-0.39, 0.29) is 5.91 Å². The van der Waals surface area contributed by atoms with Gasteiger partial charge in [0.1, 0.15) is 11.5 Å². The number of nitrogens with zero attached hydrogens (tertiary/aromatic N) is 4. The third-order valence-corrected chi connectivity index (χ3v) is 4.92. The molecule has 2 aromatic rings. The first-order valence-electron chi connectivity index (χ1n) is 9.43. The van der Waals surface area contributed by atoms with Crippen LogP contribution in [-0.4, -0.2) is 67.7 Å². The lowest BCUT2D eigenvalue weighted by Crippen LogP contribution is -2.46. The number of piperazine rings is 1. The van der Waals surface area contributed by atoms with Gasteiger partial charge < -0.3 is 24.6 Å². The molecule has 8 heteroatoms. The van der Waals surface area contributed by atoms with Gasteiger partial charge in [-0.15, -0.1) is 0 Å². The molecule has 150 valence electrons. The van der Waals surface area contributed by atoms with Crippen molar-refractivity contribution in [1.29, 1.82) is 0 Å². The van der Waals surface area contributed by atoms with Crippen LogP contribution in [0.25, 0.3) is 0 Å². The number of likely N-dealkylation sites (N-methyl/N-ethyl adjacent to an activating group) is 1. The summed E-state index contributed by atoms with van der Waals surface area (Å²) in [6.45, 7) is 7.49. The van der Waals surface area contributed by atoms with Gasteiger partial charge >= 0.3 is 0 Å². The van der Waals surface area contributed by atoms with E-state index in [0.717, 1.165) is 44.1 Å². The number of hydrogen-bond donors (Lipinski definition) is 1. The standard InChI is InChI=1S/C20H27N5O3/c1-4-24-7-9-25(10-8-24)19-14-21-16(13-22-19)20(26)23-12-15-5-6-17(27-2)18(11-15)28-3/h5-6,11,13-14H,4,7-10,12H2,1-3H3,(H,23,26). The molecule has 0 unspecified atom stereocenters. The van der Waals surface area contributed by atoms with Crippen molar-refractivity contribution in [2.45, 2.75) is 13.5 Å². The molecular formula is C20H27N5O3. The molecule has 0 saturated carbocycles. The van der Waals surface area contributed by atoms with Crippen LogP contribution in [0.3, 0.4) is 0 Å². The van der Waals surface area contributed by atoms with Gasteiger partial charge in [-0.1, -0.05) is 13.0 Å². The zero-order chi connectivity index (χ0) is 19.9. The van der Waals surface area contributed by atoms with E-state index in [2.05, 4.69) is 32.0 Å². The number of benzene rings is 1. The number of amides is 1. The molecule has 3 rings (SSSR count). The first-order chi connectivity index (χ1) is 13.6. The summed E-state index contributed by atoms with van der Waals surface area (Å²) in [7, 11) is 3.17.